The Morgan fingerprint density at radius 2 is 2.08 bits per heavy atom. The highest BCUT2D eigenvalue weighted by molar-refractivity contribution is 9.10. The van der Waals surface area contributed by atoms with Crippen LogP contribution in [0.1, 0.15) is 18.9 Å². The third-order valence-corrected chi connectivity index (χ3v) is 3.43. The molecule has 1 aromatic carbocycles. The smallest absolute Gasteiger partial charge is 0.0450 e. The molecule has 2 heteroatoms. The highest BCUT2D eigenvalue weighted by Crippen LogP contribution is 2.50. The van der Waals surface area contributed by atoms with E-state index in [0.717, 1.165) is 10.9 Å². The zero-order valence-electron chi connectivity index (χ0n) is 7.05. The lowest BCUT2D eigenvalue weighted by atomic mass is 10.0. The molecule has 1 aliphatic rings. The van der Waals surface area contributed by atoms with E-state index in [9.17, 15) is 0 Å². The van der Waals surface area contributed by atoms with Crippen LogP contribution in [0.4, 0.5) is 0 Å². The molecule has 1 aromatic rings. The average Bonchev–Trinajstić information content (AvgIpc) is 2.61. The molecule has 1 nitrogen and oxygen atoms in total. The normalized spacial score (nSPS) is 33.4. The Labute approximate surface area is 81.1 Å². The van der Waals surface area contributed by atoms with Gasteiger partial charge in [-0.05, 0) is 24.0 Å². The van der Waals surface area contributed by atoms with Crippen LogP contribution in [-0.2, 0) is 5.54 Å². The maximum atomic E-state index is 6.18. The van der Waals surface area contributed by atoms with Crippen molar-refractivity contribution >= 4 is 15.9 Å². The summed E-state index contributed by atoms with van der Waals surface area (Å²) in [5.74, 6) is 0.621. The van der Waals surface area contributed by atoms with Gasteiger partial charge in [0.25, 0.3) is 0 Å². The second-order valence-electron chi connectivity index (χ2n) is 3.63. The SMILES string of the molecule is CC1CC1(N)c1ccccc1Br. The van der Waals surface area contributed by atoms with Gasteiger partial charge in [0.1, 0.15) is 0 Å². The van der Waals surface area contributed by atoms with E-state index in [2.05, 4.69) is 35.0 Å². The van der Waals surface area contributed by atoms with Crippen LogP contribution in [0.25, 0.3) is 0 Å². The first kappa shape index (κ1) is 8.27. The molecule has 64 valence electrons. The summed E-state index contributed by atoms with van der Waals surface area (Å²) in [6.45, 7) is 2.19. The maximum Gasteiger partial charge on any atom is 0.0450 e. The number of nitrogens with two attached hydrogens (primary N) is 1. The van der Waals surface area contributed by atoms with E-state index in [-0.39, 0.29) is 5.54 Å². The molecule has 1 saturated carbocycles. The minimum Gasteiger partial charge on any atom is -0.321 e. The van der Waals surface area contributed by atoms with Crippen molar-refractivity contribution in [3.8, 4) is 0 Å². The zero-order chi connectivity index (χ0) is 8.77. The summed E-state index contributed by atoms with van der Waals surface area (Å²) in [4.78, 5) is 0. The van der Waals surface area contributed by atoms with Crippen LogP contribution in [-0.4, -0.2) is 0 Å². The Morgan fingerprint density at radius 3 is 2.58 bits per heavy atom. The lowest BCUT2D eigenvalue weighted by Crippen LogP contribution is -2.21. The standard InChI is InChI=1S/C10H12BrN/c1-7-6-10(7,12)8-4-2-3-5-9(8)11/h2-5,7H,6,12H2,1H3. The molecular formula is C10H12BrN. The Morgan fingerprint density at radius 1 is 1.50 bits per heavy atom. The summed E-state index contributed by atoms with van der Waals surface area (Å²) in [5.41, 5.74) is 7.37. The molecular weight excluding hydrogens is 214 g/mol. The van der Waals surface area contributed by atoms with Gasteiger partial charge < -0.3 is 5.73 Å². The first-order valence-electron chi connectivity index (χ1n) is 4.18. The molecule has 0 radical (unpaired) electrons. The van der Waals surface area contributed by atoms with Crippen LogP contribution in [0, 0.1) is 5.92 Å². The van der Waals surface area contributed by atoms with Gasteiger partial charge in [0.05, 0.1) is 0 Å². The summed E-state index contributed by atoms with van der Waals surface area (Å²) in [7, 11) is 0. The van der Waals surface area contributed by atoms with E-state index >= 15 is 0 Å². The van der Waals surface area contributed by atoms with Crippen LogP contribution in [0.15, 0.2) is 28.7 Å². The molecule has 0 amide bonds. The molecule has 2 rings (SSSR count). The van der Waals surface area contributed by atoms with Crippen molar-refractivity contribution in [1.82, 2.24) is 0 Å². The van der Waals surface area contributed by atoms with Crippen LogP contribution >= 0.6 is 15.9 Å². The van der Waals surface area contributed by atoms with E-state index in [0.29, 0.717) is 5.92 Å². The Balaban J connectivity index is 2.41. The summed E-state index contributed by atoms with van der Waals surface area (Å²) >= 11 is 3.52. The first-order chi connectivity index (χ1) is 5.64. The van der Waals surface area contributed by atoms with Gasteiger partial charge in [0.2, 0.25) is 0 Å². The van der Waals surface area contributed by atoms with Crippen molar-refractivity contribution < 1.29 is 0 Å². The Hall–Kier alpha value is -0.340. The number of hydrogen-bond acceptors (Lipinski definition) is 1. The maximum absolute atomic E-state index is 6.18. The fraction of sp³-hybridized carbons (Fsp3) is 0.400. The molecule has 2 atom stereocenters. The summed E-state index contributed by atoms with van der Waals surface area (Å²) < 4.78 is 1.14. The van der Waals surface area contributed by atoms with Crippen LogP contribution in [0.2, 0.25) is 0 Å². The van der Waals surface area contributed by atoms with Crippen molar-refractivity contribution in [3.63, 3.8) is 0 Å². The Bertz CT molecular complexity index is 310. The monoisotopic (exact) mass is 225 g/mol. The first-order valence-corrected chi connectivity index (χ1v) is 4.98. The third-order valence-electron chi connectivity index (χ3n) is 2.74. The van der Waals surface area contributed by atoms with Gasteiger partial charge in [0, 0.05) is 10.0 Å². The Kier molecular flexibility index (Phi) is 1.77. The fourth-order valence-corrected chi connectivity index (χ4v) is 2.32. The topological polar surface area (TPSA) is 26.0 Å². The van der Waals surface area contributed by atoms with Gasteiger partial charge in [-0.25, -0.2) is 0 Å². The minimum absolute atomic E-state index is 0.0555. The third kappa shape index (κ3) is 1.10. The van der Waals surface area contributed by atoms with Gasteiger partial charge in [-0.1, -0.05) is 41.1 Å². The highest BCUT2D eigenvalue weighted by atomic mass is 79.9. The fourth-order valence-electron chi connectivity index (χ4n) is 1.66. The molecule has 1 aliphatic carbocycles. The van der Waals surface area contributed by atoms with E-state index in [1.54, 1.807) is 0 Å². The zero-order valence-corrected chi connectivity index (χ0v) is 8.64. The lowest BCUT2D eigenvalue weighted by molar-refractivity contribution is 0.661. The number of benzene rings is 1. The van der Waals surface area contributed by atoms with E-state index in [1.807, 2.05) is 12.1 Å². The van der Waals surface area contributed by atoms with Crippen molar-refractivity contribution in [2.24, 2.45) is 11.7 Å². The van der Waals surface area contributed by atoms with E-state index in [1.165, 1.54) is 5.56 Å². The number of rotatable bonds is 1. The van der Waals surface area contributed by atoms with Gasteiger partial charge in [-0.15, -0.1) is 0 Å². The molecule has 0 aliphatic heterocycles. The van der Waals surface area contributed by atoms with Gasteiger partial charge >= 0.3 is 0 Å². The summed E-state index contributed by atoms with van der Waals surface area (Å²) in [5, 5.41) is 0. The van der Waals surface area contributed by atoms with Crippen molar-refractivity contribution in [3.05, 3.63) is 34.3 Å². The quantitative estimate of drug-likeness (QED) is 0.782. The molecule has 0 bridgehead atoms. The molecule has 0 aromatic heterocycles. The largest absolute Gasteiger partial charge is 0.321 e. The highest BCUT2D eigenvalue weighted by Gasteiger charge is 2.49. The molecule has 2 N–H and O–H groups in total. The summed E-state index contributed by atoms with van der Waals surface area (Å²) in [6.07, 6.45) is 1.11. The van der Waals surface area contributed by atoms with Crippen molar-refractivity contribution in [2.45, 2.75) is 18.9 Å². The molecule has 1 fully saturated rings. The molecule has 0 spiro atoms. The van der Waals surface area contributed by atoms with Crippen LogP contribution < -0.4 is 5.73 Å². The number of halogens is 1. The van der Waals surface area contributed by atoms with E-state index < -0.39 is 0 Å². The molecule has 12 heavy (non-hydrogen) atoms. The molecule has 0 saturated heterocycles. The van der Waals surface area contributed by atoms with Crippen LogP contribution in [0.3, 0.4) is 0 Å². The average molecular weight is 226 g/mol. The van der Waals surface area contributed by atoms with Crippen molar-refractivity contribution in [1.29, 1.82) is 0 Å². The minimum atomic E-state index is -0.0555. The van der Waals surface area contributed by atoms with Crippen LogP contribution in [0.5, 0.6) is 0 Å². The number of hydrogen-bond donors (Lipinski definition) is 1. The predicted molar refractivity (Wildman–Crippen MR) is 53.8 cm³/mol. The molecule has 2 unspecified atom stereocenters. The van der Waals surface area contributed by atoms with E-state index in [4.69, 9.17) is 5.73 Å². The van der Waals surface area contributed by atoms with Gasteiger partial charge in [0.15, 0.2) is 0 Å². The second kappa shape index (κ2) is 2.57. The lowest BCUT2D eigenvalue weighted by Gasteiger charge is -2.12. The predicted octanol–water partition coefficient (Wildman–Crippen LogP) is 2.64. The van der Waals surface area contributed by atoms with Gasteiger partial charge in [-0.2, -0.15) is 0 Å². The van der Waals surface area contributed by atoms with Crippen molar-refractivity contribution in [2.75, 3.05) is 0 Å². The van der Waals surface area contributed by atoms with Gasteiger partial charge in [-0.3, -0.25) is 0 Å². The second-order valence-corrected chi connectivity index (χ2v) is 4.48. The summed E-state index contributed by atoms with van der Waals surface area (Å²) in [6, 6.07) is 8.21. The molecule has 0 heterocycles.